The first-order valence-corrected chi connectivity index (χ1v) is 19.3. The maximum Gasteiger partial charge on any atom is 0.165 e. The van der Waals surface area contributed by atoms with Crippen molar-refractivity contribution < 1.29 is 4.42 Å². The molecule has 0 N–H and O–H groups in total. The van der Waals surface area contributed by atoms with E-state index in [0.717, 1.165) is 82.9 Å². The van der Waals surface area contributed by atoms with Gasteiger partial charge in [-0.1, -0.05) is 127 Å². The number of furan rings is 1. The molecule has 57 heavy (non-hydrogen) atoms. The van der Waals surface area contributed by atoms with Crippen molar-refractivity contribution >= 4 is 98.1 Å². The van der Waals surface area contributed by atoms with Gasteiger partial charge in [0.15, 0.2) is 5.82 Å². The molecule has 5 nitrogen and oxygen atoms in total. The van der Waals surface area contributed by atoms with Crippen LogP contribution < -0.4 is 0 Å². The highest BCUT2D eigenvalue weighted by molar-refractivity contribution is 6.20. The average molecular weight is 727 g/mol. The lowest BCUT2D eigenvalue weighted by Crippen LogP contribution is -2.04. The molecule has 0 amide bonds. The molecule has 0 saturated carbocycles. The van der Waals surface area contributed by atoms with Crippen LogP contribution >= 0.6 is 0 Å². The number of hydrogen-bond donors (Lipinski definition) is 0. The van der Waals surface area contributed by atoms with Crippen molar-refractivity contribution in [1.82, 2.24) is 19.1 Å². The van der Waals surface area contributed by atoms with Crippen molar-refractivity contribution in [2.24, 2.45) is 0 Å². The highest BCUT2D eigenvalue weighted by Gasteiger charge is 2.24. The van der Waals surface area contributed by atoms with E-state index in [1.807, 2.05) is 30.3 Å². The van der Waals surface area contributed by atoms with E-state index in [1.165, 1.54) is 38.0 Å². The van der Waals surface area contributed by atoms with Crippen LogP contribution in [0, 0.1) is 0 Å². The predicted molar refractivity (Wildman–Crippen MR) is 236 cm³/mol. The van der Waals surface area contributed by atoms with Crippen molar-refractivity contribution in [3.05, 3.63) is 182 Å². The fourth-order valence-electron chi connectivity index (χ4n) is 9.32. The molecule has 13 rings (SSSR count). The van der Waals surface area contributed by atoms with E-state index < -0.39 is 0 Å². The van der Waals surface area contributed by atoms with Gasteiger partial charge in [0, 0.05) is 49.0 Å². The Labute approximate surface area is 325 Å². The van der Waals surface area contributed by atoms with Gasteiger partial charge in [-0.2, -0.15) is 0 Å². The topological polar surface area (TPSA) is 48.8 Å². The summed E-state index contributed by atoms with van der Waals surface area (Å²) in [5.74, 6) is 0.752. The van der Waals surface area contributed by atoms with Gasteiger partial charge in [-0.25, -0.2) is 9.97 Å². The summed E-state index contributed by atoms with van der Waals surface area (Å²) in [7, 11) is 0. The first-order valence-electron chi connectivity index (χ1n) is 19.3. The maximum absolute atomic E-state index is 6.66. The van der Waals surface area contributed by atoms with Gasteiger partial charge in [-0.05, 0) is 70.8 Å². The first-order chi connectivity index (χ1) is 28.3. The molecule has 0 aliphatic heterocycles. The lowest BCUT2D eigenvalue weighted by molar-refractivity contribution is 0.669. The quantitative estimate of drug-likeness (QED) is 0.182. The van der Waals surface area contributed by atoms with Gasteiger partial charge < -0.3 is 8.98 Å². The summed E-state index contributed by atoms with van der Waals surface area (Å²) < 4.78 is 11.4. The largest absolute Gasteiger partial charge is 0.455 e. The minimum atomic E-state index is 0.752. The molecular weight excluding hydrogens is 697 g/mol. The fourth-order valence-corrected chi connectivity index (χ4v) is 9.32. The average Bonchev–Trinajstić information content (AvgIpc) is 3.92. The van der Waals surface area contributed by atoms with Crippen molar-refractivity contribution in [2.75, 3.05) is 0 Å². The van der Waals surface area contributed by atoms with E-state index in [-0.39, 0.29) is 0 Å². The number of para-hydroxylation sites is 5. The Morgan fingerprint density at radius 1 is 0.386 bits per heavy atom. The van der Waals surface area contributed by atoms with Crippen LogP contribution in [0.3, 0.4) is 0 Å². The smallest absolute Gasteiger partial charge is 0.165 e. The molecule has 264 valence electrons. The van der Waals surface area contributed by atoms with Crippen LogP contribution in [0.5, 0.6) is 0 Å². The molecule has 0 spiro atoms. The molecular formula is C52H30N4O. The monoisotopic (exact) mass is 726 g/mol. The number of aromatic nitrogens is 4. The van der Waals surface area contributed by atoms with Crippen LogP contribution in [-0.4, -0.2) is 19.1 Å². The highest BCUT2D eigenvalue weighted by atomic mass is 16.3. The van der Waals surface area contributed by atoms with Gasteiger partial charge in [-0.3, -0.25) is 4.57 Å². The summed E-state index contributed by atoms with van der Waals surface area (Å²) in [5.41, 5.74) is 10.5. The molecule has 4 aromatic heterocycles. The molecule has 0 fully saturated rings. The predicted octanol–water partition coefficient (Wildman–Crippen LogP) is 13.7. The van der Waals surface area contributed by atoms with Crippen LogP contribution in [0.25, 0.3) is 121 Å². The van der Waals surface area contributed by atoms with Crippen molar-refractivity contribution in [2.45, 2.75) is 0 Å². The maximum atomic E-state index is 6.66. The number of rotatable bonds is 3. The number of fused-ring (bicyclic) bond motifs is 13. The van der Waals surface area contributed by atoms with Gasteiger partial charge in [-0.15, -0.1) is 0 Å². The Balaban J connectivity index is 1.19. The molecule has 4 heterocycles. The second-order valence-electron chi connectivity index (χ2n) is 15.0. The molecule has 0 unspecified atom stereocenters. The highest BCUT2D eigenvalue weighted by Crippen LogP contribution is 2.43. The van der Waals surface area contributed by atoms with E-state index in [4.69, 9.17) is 14.4 Å². The van der Waals surface area contributed by atoms with Gasteiger partial charge >= 0.3 is 0 Å². The Bertz CT molecular complexity index is 3830. The molecule has 5 heteroatoms. The van der Waals surface area contributed by atoms with E-state index in [0.29, 0.717) is 0 Å². The summed E-state index contributed by atoms with van der Waals surface area (Å²) in [4.78, 5) is 11.0. The van der Waals surface area contributed by atoms with Crippen molar-refractivity contribution in [3.8, 4) is 22.8 Å². The third-order valence-corrected chi connectivity index (χ3v) is 11.9. The standard InChI is InChI=1S/C52H30N4O/c1-2-14-33-29-46-42(28-32(33)13-1)37-27-25-34(55-45-22-9-5-16-36(45)39-26-24-31-12-3-4-15-35(31)50(39)55)30-47(37)56(46)52-49(53-43-20-7-8-21-44(43)54-52)41-19-11-18-40-38-17-6-10-23-48(38)57-51(40)41/h1-30H. The minimum absolute atomic E-state index is 0.752. The van der Waals surface area contributed by atoms with Gasteiger partial charge in [0.25, 0.3) is 0 Å². The van der Waals surface area contributed by atoms with Gasteiger partial charge in [0.05, 0.1) is 33.1 Å². The Morgan fingerprint density at radius 3 is 1.91 bits per heavy atom. The van der Waals surface area contributed by atoms with Gasteiger partial charge in [0.2, 0.25) is 0 Å². The summed E-state index contributed by atoms with van der Waals surface area (Å²) >= 11 is 0. The molecule has 0 bridgehead atoms. The SMILES string of the molecule is c1ccc2cc3c(cc2c1)c1ccc(-n2c4ccccc4c4ccc5ccccc5c42)cc1n3-c1nc2ccccc2nc1-c1cccc2c1oc1ccccc12. The molecule has 0 aliphatic carbocycles. The van der Waals surface area contributed by atoms with Gasteiger partial charge in [0.1, 0.15) is 16.9 Å². The molecule has 0 aliphatic rings. The lowest BCUT2D eigenvalue weighted by Gasteiger charge is -2.15. The van der Waals surface area contributed by atoms with Crippen LogP contribution in [0.4, 0.5) is 0 Å². The van der Waals surface area contributed by atoms with Crippen LogP contribution in [0.2, 0.25) is 0 Å². The minimum Gasteiger partial charge on any atom is -0.455 e. The molecule has 0 saturated heterocycles. The van der Waals surface area contributed by atoms with Crippen LogP contribution in [0.15, 0.2) is 186 Å². The Hall–Kier alpha value is -7.76. The summed E-state index contributed by atoms with van der Waals surface area (Å²) in [5, 5.41) is 11.7. The summed E-state index contributed by atoms with van der Waals surface area (Å²) in [6.07, 6.45) is 0. The van der Waals surface area contributed by atoms with Crippen LogP contribution in [-0.2, 0) is 0 Å². The zero-order valence-electron chi connectivity index (χ0n) is 30.5. The Morgan fingerprint density at radius 2 is 1.04 bits per heavy atom. The van der Waals surface area contributed by atoms with Crippen molar-refractivity contribution in [1.29, 1.82) is 0 Å². The Kier molecular flexibility index (Phi) is 6.10. The van der Waals surface area contributed by atoms with E-state index in [2.05, 4.69) is 161 Å². The first kappa shape index (κ1) is 30.6. The normalized spacial score (nSPS) is 12.2. The second kappa shape index (κ2) is 11.4. The third-order valence-electron chi connectivity index (χ3n) is 11.9. The fraction of sp³-hybridized carbons (Fsp3) is 0. The van der Waals surface area contributed by atoms with E-state index in [9.17, 15) is 0 Å². The zero-order chi connectivity index (χ0) is 37.2. The van der Waals surface area contributed by atoms with Crippen molar-refractivity contribution in [3.63, 3.8) is 0 Å². The number of nitrogens with zero attached hydrogens (tertiary/aromatic N) is 4. The molecule has 9 aromatic carbocycles. The second-order valence-corrected chi connectivity index (χ2v) is 15.0. The molecule has 0 atom stereocenters. The number of benzene rings is 9. The van der Waals surface area contributed by atoms with E-state index in [1.54, 1.807) is 0 Å². The summed E-state index contributed by atoms with van der Waals surface area (Å²) in [6, 6.07) is 64.8. The van der Waals surface area contributed by atoms with E-state index >= 15 is 0 Å². The molecule has 0 radical (unpaired) electrons. The molecule has 13 aromatic rings. The third kappa shape index (κ3) is 4.28. The zero-order valence-corrected chi connectivity index (χ0v) is 30.5. The lowest BCUT2D eigenvalue weighted by atomic mass is 10.1. The van der Waals surface area contributed by atoms with Crippen LogP contribution in [0.1, 0.15) is 0 Å². The summed E-state index contributed by atoms with van der Waals surface area (Å²) in [6.45, 7) is 0. The number of hydrogen-bond acceptors (Lipinski definition) is 3.